The van der Waals surface area contributed by atoms with Crippen molar-refractivity contribution >= 4 is 17.8 Å². The Hall–Kier alpha value is -4.45. The molecular formula is C47H70N2O4. The Morgan fingerprint density at radius 3 is 1.19 bits per heavy atom. The van der Waals surface area contributed by atoms with E-state index in [9.17, 15) is 19.5 Å². The molecule has 0 fully saturated rings. The Labute approximate surface area is 322 Å². The minimum Gasteiger partial charge on any atom is -0.480 e. The normalized spacial score (nSPS) is 13.5. The van der Waals surface area contributed by atoms with Gasteiger partial charge in [-0.25, -0.2) is 4.79 Å². The third kappa shape index (κ3) is 38.6. The molecule has 292 valence electrons. The highest BCUT2D eigenvalue weighted by Gasteiger charge is 2.19. The molecule has 0 unspecified atom stereocenters. The van der Waals surface area contributed by atoms with Crippen LogP contribution in [0.25, 0.3) is 0 Å². The molecule has 53 heavy (non-hydrogen) atoms. The fourth-order valence-electron chi connectivity index (χ4n) is 4.75. The largest absolute Gasteiger partial charge is 0.480 e. The van der Waals surface area contributed by atoms with E-state index in [1.807, 2.05) is 12.2 Å². The zero-order valence-corrected chi connectivity index (χ0v) is 32.9. The van der Waals surface area contributed by atoms with Gasteiger partial charge in [-0.15, -0.1) is 0 Å². The number of carboxylic acid groups (broad SMARTS) is 1. The Kier molecular flexibility index (Phi) is 36.9. The predicted molar refractivity (Wildman–Crippen MR) is 228 cm³/mol. The van der Waals surface area contributed by atoms with Crippen molar-refractivity contribution in [1.29, 1.82) is 0 Å². The van der Waals surface area contributed by atoms with E-state index in [2.05, 4.69) is 146 Å². The molecule has 0 spiro atoms. The molecule has 0 bridgehead atoms. The van der Waals surface area contributed by atoms with Crippen molar-refractivity contribution in [3.8, 4) is 0 Å². The van der Waals surface area contributed by atoms with Gasteiger partial charge in [-0.3, -0.25) is 9.59 Å². The summed E-state index contributed by atoms with van der Waals surface area (Å²) < 4.78 is 0. The summed E-state index contributed by atoms with van der Waals surface area (Å²) in [5.74, 6) is -1.38. The summed E-state index contributed by atoms with van der Waals surface area (Å²) in [6.45, 7) is 4.67. The van der Waals surface area contributed by atoms with Crippen molar-refractivity contribution in [2.45, 2.75) is 135 Å². The lowest BCUT2D eigenvalue weighted by Gasteiger charge is -2.14. The molecule has 3 N–H and O–H groups in total. The fourth-order valence-corrected chi connectivity index (χ4v) is 4.75. The number of allylic oxidation sites excluding steroid dienone is 22. The van der Waals surface area contributed by atoms with Crippen LogP contribution in [0.4, 0.5) is 0 Å². The van der Waals surface area contributed by atoms with Crippen LogP contribution in [0.5, 0.6) is 0 Å². The molecule has 6 heteroatoms. The SMILES string of the molecule is CCC=CCC=CCC=CCC=CCC=CCC=CCCC(=O)N[C@@H](CCCNC(=O)CCCC=CCC=CCC=CCC=CCC=CCC)C(=O)O. The quantitative estimate of drug-likeness (QED) is 0.0463. The highest BCUT2D eigenvalue weighted by Crippen LogP contribution is 2.03. The molecule has 0 rings (SSSR count). The lowest BCUT2D eigenvalue weighted by molar-refractivity contribution is -0.142. The van der Waals surface area contributed by atoms with Crippen molar-refractivity contribution in [3.63, 3.8) is 0 Å². The van der Waals surface area contributed by atoms with Crippen LogP contribution in [-0.2, 0) is 14.4 Å². The molecule has 0 saturated heterocycles. The van der Waals surface area contributed by atoms with Gasteiger partial charge in [0.1, 0.15) is 6.04 Å². The first-order valence-corrected chi connectivity index (χ1v) is 19.9. The molecule has 0 aliphatic heterocycles. The molecule has 0 aliphatic rings. The van der Waals surface area contributed by atoms with Gasteiger partial charge in [0.15, 0.2) is 0 Å². The maximum atomic E-state index is 12.3. The number of aliphatic carboxylic acids is 1. The lowest BCUT2D eigenvalue weighted by Crippen LogP contribution is -2.41. The van der Waals surface area contributed by atoms with Gasteiger partial charge in [-0.1, -0.05) is 148 Å². The van der Waals surface area contributed by atoms with Crippen LogP contribution in [-0.4, -0.2) is 35.5 Å². The zero-order chi connectivity index (χ0) is 38.7. The van der Waals surface area contributed by atoms with E-state index in [4.69, 9.17) is 0 Å². The van der Waals surface area contributed by atoms with Gasteiger partial charge in [0.2, 0.25) is 11.8 Å². The summed E-state index contributed by atoms with van der Waals surface area (Å²) in [7, 11) is 0. The van der Waals surface area contributed by atoms with Gasteiger partial charge in [-0.05, 0) is 103 Å². The summed E-state index contributed by atoms with van der Waals surface area (Å²) in [5.41, 5.74) is 0. The second kappa shape index (κ2) is 40.3. The van der Waals surface area contributed by atoms with Gasteiger partial charge in [0.05, 0.1) is 0 Å². The maximum Gasteiger partial charge on any atom is 0.326 e. The topological polar surface area (TPSA) is 95.5 Å². The number of nitrogens with one attached hydrogen (secondary N) is 2. The fraction of sp³-hybridized carbons (Fsp3) is 0.468. The Balaban J connectivity index is 3.91. The number of carbonyl (C=O) groups excluding carboxylic acids is 2. The average molecular weight is 727 g/mol. The molecule has 0 aliphatic carbocycles. The highest BCUT2D eigenvalue weighted by molar-refractivity contribution is 5.83. The van der Waals surface area contributed by atoms with E-state index >= 15 is 0 Å². The van der Waals surface area contributed by atoms with Crippen LogP contribution in [0.3, 0.4) is 0 Å². The average Bonchev–Trinajstić information content (AvgIpc) is 3.15. The van der Waals surface area contributed by atoms with Crippen LogP contribution in [0.2, 0.25) is 0 Å². The van der Waals surface area contributed by atoms with Crippen LogP contribution in [0, 0.1) is 0 Å². The van der Waals surface area contributed by atoms with E-state index in [-0.39, 0.29) is 24.7 Å². The van der Waals surface area contributed by atoms with Crippen molar-refractivity contribution in [2.24, 2.45) is 0 Å². The highest BCUT2D eigenvalue weighted by atomic mass is 16.4. The van der Waals surface area contributed by atoms with Crippen LogP contribution < -0.4 is 10.6 Å². The molecule has 0 aromatic heterocycles. The van der Waals surface area contributed by atoms with Crippen molar-refractivity contribution in [3.05, 3.63) is 134 Å². The summed E-state index contributed by atoms with van der Waals surface area (Å²) in [6, 6.07) is -0.958. The van der Waals surface area contributed by atoms with Crippen LogP contribution >= 0.6 is 0 Å². The number of unbranched alkanes of at least 4 members (excludes halogenated alkanes) is 1. The van der Waals surface area contributed by atoms with E-state index in [0.717, 1.165) is 83.5 Å². The number of hydrogen-bond acceptors (Lipinski definition) is 3. The number of hydrogen-bond donors (Lipinski definition) is 3. The van der Waals surface area contributed by atoms with E-state index in [1.54, 1.807) is 0 Å². The molecule has 6 nitrogen and oxygen atoms in total. The monoisotopic (exact) mass is 727 g/mol. The van der Waals surface area contributed by atoms with E-state index in [1.165, 1.54) is 0 Å². The molecule has 0 saturated carbocycles. The van der Waals surface area contributed by atoms with E-state index < -0.39 is 12.0 Å². The Morgan fingerprint density at radius 1 is 0.453 bits per heavy atom. The van der Waals surface area contributed by atoms with Crippen molar-refractivity contribution in [2.75, 3.05) is 6.54 Å². The number of rotatable bonds is 33. The smallest absolute Gasteiger partial charge is 0.326 e. The molecule has 0 aromatic rings. The van der Waals surface area contributed by atoms with Gasteiger partial charge in [-0.2, -0.15) is 0 Å². The van der Waals surface area contributed by atoms with Crippen molar-refractivity contribution in [1.82, 2.24) is 10.6 Å². The molecular weight excluding hydrogens is 657 g/mol. The summed E-state index contributed by atoms with van der Waals surface area (Å²) in [6.07, 6.45) is 61.4. The first-order chi connectivity index (χ1) is 26.0. The van der Waals surface area contributed by atoms with Gasteiger partial charge in [0.25, 0.3) is 0 Å². The molecule has 0 radical (unpaired) electrons. The first-order valence-electron chi connectivity index (χ1n) is 19.9. The summed E-state index contributed by atoms with van der Waals surface area (Å²) in [4.78, 5) is 36.1. The minimum atomic E-state index is -1.06. The third-order valence-corrected chi connectivity index (χ3v) is 7.69. The standard InChI is InChI=1S/C47H70N2O4/c1-3-5-7-9-11-13-15-17-19-21-22-24-26-28-30-32-34-36-38-42-46(51)49-44(47(52)53)40-39-43-48-45(50)41-37-35-33-31-29-27-25-23-20-18-16-14-12-10-8-6-4-2/h5-8,11-14,17-20,22,24-25,27-28,30-31,33-34,36,44H,3-4,9-10,15-16,21,23,26,29,32,35,37-43H2,1-2H3,(H,48,50)(H,49,51)(H,52,53)/t44-/m0/s1. The zero-order valence-electron chi connectivity index (χ0n) is 32.9. The number of carboxylic acids is 1. The van der Waals surface area contributed by atoms with Gasteiger partial charge in [0, 0.05) is 19.4 Å². The molecule has 1 atom stereocenters. The van der Waals surface area contributed by atoms with E-state index in [0.29, 0.717) is 25.8 Å². The number of amides is 2. The Bertz CT molecular complexity index is 1260. The van der Waals surface area contributed by atoms with Gasteiger partial charge >= 0.3 is 5.97 Å². The molecule has 0 heterocycles. The Morgan fingerprint density at radius 2 is 0.811 bits per heavy atom. The predicted octanol–water partition coefficient (Wildman–Crippen LogP) is 11.9. The van der Waals surface area contributed by atoms with Gasteiger partial charge < -0.3 is 15.7 Å². The summed E-state index contributed by atoms with van der Waals surface area (Å²) >= 11 is 0. The first kappa shape index (κ1) is 48.5. The summed E-state index contributed by atoms with van der Waals surface area (Å²) in [5, 5.41) is 15.0. The molecule has 2 amide bonds. The van der Waals surface area contributed by atoms with Crippen LogP contribution in [0.1, 0.15) is 129 Å². The van der Waals surface area contributed by atoms with Crippen molar-refractivity contribution < 1.29 is 19.5 Å². The maximum absolute atomic E-state index is 12.3. The molecule has 0 aromatic carbocycles. The third-order valence-electron chi connectivity index (χ3n) is 7.69. The lowest BCUT2D eigenvalue weighted by atomic mass is 10.1. The minimum absolute atomic E-state index is 0.0374. The number of carbonyl (C=O) groups is 3. The second-order valence-corrected chi connectivity index (χ2v) is 12.5. The second-order valence-electron chi connectivity index (χ2n) is 12.5. The van der Waals surface area contributed by atoms with Crippen LogP contribution in [0.15, 0.2) is 134 Å².